The number of rotatable bonds is 10. The zero-order valence-corrected chi connectivity index (χ0v) is 36.4. The molecule has 2 aliphatic rings. The van der Waals surface area contributed by atoms with Crippen LogP contribution in [0.2, 0.25) is 0 Å². The lowest BCUT2D eigenvalue weighted by atomic mass is 9.85. The Morgan fingerprint density at radius 3 is 1.51 bits per heavy atom. The Morgan fingerprint density at radius 2 is 1.02 bits per heavy atom. The molecular formula is C56H54N4O5. The number of likely N-dealkylation sites (tertiary alicyclic amines) is 1. The number of H-pyrrole nitrogens is 2. The quantitative estimate of drug-likeness (QED) is 0.0866. The lowest BCUT2D eigenvalue weighted by Gasteiger charge is -2.38. The molecule has 9 heteroatoms. The number of pyridine rings is 2. The maximum atomic E-state index is 12.1. The number of aliphatic hydroxyl groups is 1. The standard InChI is InChI=1S/C28H28N2O3.C28H26N2O2/c31-25-8-4-7-23-26(25)24(18-29-27(23)32)22-11-9-21(10-12-22)19-30-15-13-28(33,14-16-30)17-20-5-2-1-3-6-20;31-26-8-4-7-24-27(26)25(18-29-28(24)32)23-11-9-22(10-12-23)19-30-15-13-21(14-16-30)17-20-5-2-1-3-6-20/h1-12,18,31,33H,13-17,19H2,(H,29,32);1-13,18,31H,14-17,19H2,(H,29,32). The van der Waals surface area contributed by atoms with Crippen LogP contribution in [0.4, 0.5) is 0 Å². The maximum Gasteiger partial charge on any atom is 0.255 e. The van der Waals surface area contributed by atoms with Crippen molar-refractivity contribution in [1.82, 2.24) is 19.8 Å². The van der Waals surface area contributed by atoms with Gasteiger partial charge in [-0.15, -0.1) is 0 Å². The summed E-state index contributed by atoms with van der Waals surface area (Å²) < 4.78 is 0. The second-order valence-electron chi connectivity index (χ2n) is 17.5. The van der Waals surface area contributed by atoms with Crippen molar-refractivity contribution in [2.24, 2.45) is 0 Å². The van der Waals surface area contributed by atoms with Crippen LogP contribution in [0.25, 0.3) is 43.8 Å². The number of hydrogen-bond acceptors (Lipinski definition) is 7. The number of phenols is 2. The van der Waals surface area contributed by atoms with Crippen molar-refractivity contribution in [3.63, 3.8) is 0 Å². The SMILES string of the molecule is O=c1[nH]cc(-c2ccc(CN3CC=C(Cc4ccccc4)CC3)cc2)c2c(O)cccc12.O=c1[nH]cc(-c2ccc(CN3CCC(O)(Cc4ccccc4)CC3)cc2)c2c(O)cccc12. The second kappa shape index (κ2) is 19.4. The fraction of sp³-hybridized carbons (Fsp3) is 0.214. The summed E-state index contributed by atoms with van der Waals surface area (Å²) in [5, 5.41) is 33.9. The van der Waals surface area contributed by atoms with Gasteiger partial charge in [0.25, 0.3) is 11.1 Å². The Morgan fingerprint density at radius 1 is 0.523 bits per heavy atom. The molecule has 10 rings (SSSR count). The number of nitrogens with zero attached hydrogens (tertiary/aromatic N) is 2. The predicted octanol–water partition coefficient (Wildman–Crippen LogP) is 9.75. The zero-order chi connectivity index (χ0) is 44.8. The highest BCUT2D eigenvalue weighted by molar-refractivity contribution is 6.00. The molecule has 0 bridgehead atoms. The van der Waals surface area contributed by atoms with Crippen LogP contribution < -0.4 is 11.1 Å². The third-order valence-electron chi connectivity index (χ3n) is 13.0. The summed E-state index contributed by atoms with van der Waals surface area (Å²) in [6.45, 7) is 5.51. The number of fused-ring (bicyclic) bond motifs is 2. The highest BCUT2D eigenvalue weighted by atomic mass is 16.3. The molecule has 4 heterocycles. The number of piperidine rings is 1. The number of aromatic nitrogens is 2. The van der Waals surface area contributed by atoms with Gasteiger partial charge in [0.1, 0.15) is 11.5 Å². The van der Waals surface area contributed by atoms with Gasteiger partial charge in [-0.05, 0) is 83.3 Å². The molecule has 328 valence electrons. The average molecular weight is 863 g/mol. The van der Waals surface area contributed by atoms with E-state index in [0.717, 1.165) is 87.2 Å². The van der Waals surface area contributed by atoms with E-state index in [1.807, 2.05) is 30.3 Å². The van der Waals surface area contributed by atoms with Gasteiger partial charge in [0.2, 0.25) is 0 Å². The van der Waals surface area contributed by atoms with Crippen LogP contribution in [0, 0.1) is 0 Å². The molecule has 0 radical (unpaired) electrons. The molecule has 0 amide bonds. The summed E-state index contributed by atoms with van der Waals surface area (Å²) in [4.78, 5) is 34.7. The minimum atomic E-state index is -0.630. The van der Waals surface area contributed by atoms with E-state index in [1.165, 1.54) is 27.8 Å². The van der Waals surface area contributed by atoms with Crippen molar-refractivity contribution in [3.8, 4) is 33.8 Å². The Bertz CT molecular complexity index is 3040. The molecule has 0 unspecified atom stereocenters. The van der Waals surface area contributed by atoms with Gasteiger partial charge in [-0.25, -0.2) is 0 Å². The van der Waals surface area contributed by atoms with Gasteiger partial charge >= 0.3 is 0 Å². The fourth-order valence-corrected chi connectivity index (χ4v) is 9.35. The van der Waals surface area contributed by atoms with Gasteiger partial charge in [0, 0.05) is 80.0 Å². The monoisotopic (exact) mass is 862 g/mol. The van der Waals surface area contributed by atoms with E-state index in [2.05, 4.69) is 105 Å². The molecule has 0 aliphatic carbocycles. The number of hydrogen-bond donors (Lipinski definition) is 5. The molecule has 2 aliphatic heterocycles. The molecule has 65 heavy (non-hydrogen) atoms. The molecule has 8 aromatic rings. The maximum absolute atomic E-state index is 12.1. The Balaban J connectivity index is 0.000000164. The third-order valence-corrected chi connectivity index (χ3v) is 13.0. The Hall–Kier alpha value is -7.04. The lowest BCUT2D eigenvalue weighted by Crippen LogP contribution is -2.45. The molecule has 0 saturated carbocycles. The summed E-state index contributed by atoms with van der Waals surface area (Å²) in [6.07, 6.45) is 10.1. The number of benzene rings is 6. The smallest absolute Gasteiger partial charge is 0.255 e. The van der Waals surface area contributed by atoms with E-state index in [1.54, 1.807) is 48.8 Å². The van der Waals surface area contributed by atoms with Gasteiger partial charge in [-0.2, -0.15) is 0 Å². The van der Waals surface area contributed by atoms with Crippen LogP contribution in [0.15, 0.2) is 179 Å². The van der Waals surface area contributed by atoms with Gasteiger partial charge in [0.15, 0.2) is 0 Å². The van der Waals surface area contributed by atoms with Crippen LogP contribution in [0.3, 0.4) is 0 Å². The Labute approximate surface area is 378 Å². The predicted molar refractivity (Wildman–Crippen MR) is 261 cm³/mol. The van der Waals surface area contributed by atoms with Gasteiger partial charge in [-0.1, -0.05) is 133 Å². The molecule has 9 nitrogen and oxygen atoms in total. The largest absolute Gasteiger partial charge is 0.507 e. The number of aromatic amines is 2. The molecule has 0 atom stereocenters. The van der Waals surface area contributed by atoms with Crippen molar-refractivity contribution in [1.29, 1.82) is 0 Å². The summed E-state index contributed by atoms with van der Waals surface area (Å²) in [5.74, 6) is 0.230. The molecule has 1 saturated heterocycles. The lowest BCUT2D eigenvalue weighted by molar-refractivity contribution is -0.0224. The summed E-state index contributed by atoms with van der Waals surface area (Å²) >= 11 is 0. The first-order chi connectivity index (χ1) is 31.7. The summed E-state index contributed by atoms with van der Waals surface area (Å²) in [5.41, 5.74) is 9.05. The second-order valence-corrected chi connectivity index (χ2v) is 17.5. The minimum absolute atomic E-state index is 0.106. The molecule has 6 aromatic carbocycles. The molecule has 0 spiro atoms. The highest BCUT2D eigenvalue weighted by Crippen LogP contribution is 2.35. The highest BCUT2D eigenvalue weighted by Gasteiger charge is 2.32. The molecule has 5 N–H and O–H groups in total. The third kappa shape index (κ3) is 10.2. The van der Waals surface area contributed by atoms with E-state index in [4.69, 9.17) is 0 Å². The average Bonchev–Trinajstić information content (AvgIpc) is 3.33. The topological polar surface area (TPSA) is 133 Å². The molecule has 2 aromatic heterocycles. The first-order valence-electron chi connectivity index (χ1n) is 22.5. The summed E-state index contributed by atoms with van der Waals surface area (Å²) in [7, 11) is 0. The van der Waals surface area contributed by atoms with Crippen LogP contribution in [0.5, 0.6) is 11.5 Å². The van der Waals surface area contributed by atoms with Crippen molar-refractivity contribution in [2.75, 3.05) is 26.2 Å². The van der Waals surface area contributed by atoms with Crippen molar-refractivity contribution in [3.05, 3.63) is 213 Å². The van der Waals surface area contributed by atoms with Crippen LogP contribution in [0.1, 0.15) is 41.5 Å². The van der Waals surface area contributed by atoms with E-state index in [-0.39, 0.29) is 22.6 Å². The van der Waals surface area contributed by atoms with E-state index in [0.29, 0.717) is 28.0 Å². The Kier molecular flexibility index (Phi) is 12.9. The van der Waals surface area contributed by atoms with Crippen molar-refractivity contribution < 1.29 is 15.3 Å². The molecule has 1 fully saturated rings. The van der Waals surface area contributed by atoms with Gasteiger partial charge in [0.05, 0.1) is 16.4 Å². The zero-order valence-electron chi connectivity index (χ0n) is 36.4. The van der Waals surface area contributed by atoms with E-state index < -0.39 is 5.60 Å². The van der Waals surface area contributed by atoms with E-state index >= 15 is 0 Å². The number of aromatic hydroxyl groups is 2. The normalized spacial score (nSPS) is 15.3. The van der Waals surface area contributed by atoms with Crippen molar-refractivity contribution in [2.45, 2.75) is 50.8 Å². The first kappa shape index (κ1) is 43.2. The number of nitrogens with one attached hydrogen (secondary N) is 2. The number of phenolic OH excluding ortho intramolecular Hbond substituents is 2. The fourth-order valence-electron chi connectivity index (χ4n) is 9.35. The van der Waals surface area contributed by atoms with E-state index in [9.17, 15) is 24.9 Å². The van der Waals surface area contributed by atoms with Crippen LogP contribution in [-0.4, -0.2) is 66.9 Å². The minimum Gasteiger partial charge on any atom is -0.507 e. The van der Waals surface area contributed by atoms with Crippen molar-refractivity contribution >= 4 is 21.5 Å². The van der Waals surface area contributed by atoms with Crippen LogP contribution in [-0.2, 0) is 25.9 Å². The molecular weight excluding hydrogens is 809 g/mol. The van der Waals surface area contributed by atoms with Gasteiger partial charge < -0.3 is 25.3 Å². The first-order valence-corrected chi connectivity index (χ1v) is 22.5. The summed E-state index contributed by atoms with van der Waals surface area (Å²) in [6, 6.07) is 47.6. The van der Waals surface area contributed by atoms with Crippen LogP contribution >= 0.6 is 0 Å². The van der Waals surface area contributed by atoms with Gasteiger partial charge in [-0.3, -0.25) is 19.4 Å².